The van der Waals surface area contributed by atoms with Gasteiger partial charge < -0.3 is 26.2 Å². The number of thiazole rings is 1. The van der Waals surface area contributed by atoms with Crippen molar-refractivity contribution in [2.45, 2.75) is 24.4 Å². The molecule has 0 bridgehead atoms. The molecular formula is C21H21F4N5O4S. The Labute approximate surface area is 200 Å². The van der Waals surface area contributed by atoms with Crippen molar-refractivity contribution < 1.29 is 37.4 Å². The second kappa shape index (κ2) is 10.5. The van der Waals surface area contributed by atoms with Crippen LogP contribution in [-0.2, 0) is 4.79 Å². The molecule has 3 aromatic rings. The van der Waals surface area contributed by atoms with Crippen molar-refractivity contribution in [1.82, 2.24) is 9.88 Å². The third kappa shape index (κ3) is 6.22. The van der Waals surface area contributed by atoms with Gasteiger partial charge in [0.1, 0.15) is 5.82 Å². The zero-order valence-electron chi connectivity index (χ0n) is 18.1. The van der Waals surface area contributed by atoms with Crippen LogP contribution in [0.2, 0.25) is 0 Å². The number of aromatic nitrogens is 1. The van der Waals surface area contributed by atoms with Crippen molar-refractivity contribution in [3.05, 3.63) is 53.8 Å². The number of amides is 3. The highest BCUT2D eigenvalue weighted by atomic mass is 32.1. The Morgan fingerprint density at radius 2 is 1.80 bits per heavy atom. The number of anilines is 2. The van der Waals surface area contributed by atoms with Crippen molar-refractivity contribution in [3.8, 4) is 0 Å². The minimum atomic E-state index is -4.99. The molecule has 188 valence electrons. The number of nitrogens with zero attached hydrogens (tertiary/aromatic N) is 2. The minimum Gasteiger partial charge on any atom is -0.366 e. The first-order chi connectivity index (χ1) is 16.4. The summed E-state index contributed by atoms with van der Waals surface area (Å²) in [6.07, 6.45) is -7.11. The van der Waals surface area contributed by atoms with Crippen LogP contribution in [0.3, 0.4) is 0 Å². The molecular weight excluding hydrogens is 494 g/mol. The summed E-state index contributed by atoms with van der Waals surface area (Å²) in [5.41, 5.74) is 5.57. The molecule has 1 heterocycles. The van der Waals surface area contributed by atoms with Crippen molar-refractivity contribution in [2.24, 2.45) is 5.73 Å². The van der Waals surface area contributed by atoms with E-state index in [9.17, 15) is 37.4 Å². The van der Waals surface area contributed by atoms with Crippen LogP contribution >= 0.6 is 11.3 Å². The first kappa shape index (κ1) is 26.3. The summed E-state index contributed by atoms with van der Waals surface area (Å²) < 4.78 is 54.9. The fraction of sp³-hybridized carbons (Fsp3) is 0.286. The molecule has 35 heavy (non-hydrogen) atoms. The van der Waals surface area contributed by atoms with Gasteiger partial charge in [-0.05, 0) is 42.0 Å². The number of benzene rings is 2. The number of hydrogen-bond acceptors (Lipinski definition) is 7. The molecule has 9 nitrogen and oxygen atoms in total. The number of alkyl halides is 3. The number of aliphatic hydroxyl groups excluding tert-OH is 1. The minimum absolute atomic E-state index is 0.0790. The quantitative estimate of drug-likeness (QED) is 0.242. The molecule has 1 unspecified atom stereocenters. The number of urea groups is 1. The van der Waals surface area contributed by atoms with E-state index < -0.39 is 54.3 Å². The lowest BCUT2D eigenvalue weighted by atomic mass is 9.96. The van der Waals surface area contributed by atoms with E-state index in [-0.39, 0.29) is 15.3 Å². The first-order valence-electron chi connectivity index (χ1n) is 10.0. The van der Waals surface area contributed by atoms with E-state index in [1.165, 1.54) is 18.2 Å². The second-order valence-electron chi connectivity index (χ2n) is 7.47. The van der Waals surface area contributed by atoms with Crippen molar-refractivity contribution in [1.29, 1.82) is 0 Å². The van der Waals surface area contributed by atoms with Gasteiger partial charge in [0.2, 0.25) is 5.91 Å². The maximum Gasteiger partial charge on any atom is 0.404 e. The Bertz CT molecular complexity index is 1200. The predicted molar refractivity (Wildman–Crippen MR) is 121 cm³/mol. The molecule has 0 aliphatic carbocycles. The average molecular weight is 515 g/mol. The van der Waals surface area contributed by atoms with Gasteiger partial charge in [-0.2, -0.15) is 13.2 Å². The number of hydrogen-bond donors (Lipinski definition) is 5. The molecule has 6 N–H and O–H groups in total. The van der Waals surface area contributed by atoms with Gasteiger partial charge in [0.05, 0.1) is 16.3 Å². The van der Waals surface area contributed by atoms with E-state index in [0.29, 0.717) is 10.6 Å². The number of aliphatic hydroxyl groups is 2. The van der Waals surface area contributed by atoms with E-state index in [0.717, 1.165) is 42.6 Å². The molecule has 0 saturated heterocycles. The van der Waals surface area contributed by atoms with Crippen LogP contribution in [-0.4, -0.2) is 64.1 Å². The summed E-state index contributed by atoms with van der Waals surface area (Å²) >= 11 is 0.881. The smallest absolute Gasteiger partial charge is 0.366 e. The van der Waals surface area contributed by atoms with Crippen molar-refractivity contribution in [2.75, 3.05) is 24.2 Å². The summed E-state index contributed by atoms with van der Waals surface area (Å²) in [5, 5.41) is 23.7. The normalized spacial score (nSPS) is 13.5. The fourth-order valence-corrected chi connectivity index (χ4v) is 4.19. The molecule has 1 aromatic heterocycles. The lowest BCUT2D eigenvalue weighted by Crippen LogP contribution is -2.52. The summed E-state index contributed by atoms with van der Waals surface area (Å²) in [4.78, 5) is 29.6. The summed E-state index contributed by atoms with van der Waals surface area (Å²) in [7, 11) is 1.00. The van der Waals surface area contributed by atoms with Gasteiger partial charge in [-0.15, -0.1) is 0 Å². The molecule has 0 aliphatic rings. The molecule has 0 saturated carbocycles. The standard InChI is InChI=1S/C21H21F4N5O4S/c1-30(14(9-26)18(32)33)17(31)16(21(23,24)25)10-2-7-13-15(8-10)35-20(28-13)29-19(34)27-12-5-3-11(22)4-6-12/h2-8,14,16,18,32-33H,9,26H2,1H3,(H2,27,28,29,34)/t14-,16?/m0/s1. The summed E-state index contributed by atoms with van der Waals surface area (Å²) in [6.45, 7) is -0.465. The Hall–Kier alpha value is -3.33. The number of rotatable bonds is 7. The third-order valence-electron chi connectivity index (χ3n) is 5.07. The van der Waals surface area contributed by atoms with Crippen LogP contribution in [0.1, 0.15) is 11.5 Å². The Balaban J connectivity index is 1.84. The molecule has 2 aromatic carbocycles. The third-order valence-corrected chi connectivity index (χ3v) is 6.01. The summed E-state index contributed by atoms with van der Waals surface area (Å²) in [6, 6.07) is 6.35. The number of fused-ring (bicyclic) bond motifs is 1. The van der Waals surface area contributed by atoms with Crippen LogP contribution in [0.4, 0.5) is 33.2 Å². The zero-order chi connectivity index (χ0) is 25.9. The van der Waals surface area contributed by atoms with Gasteiger partial charge in [-0.1, -0.05) is 17.4 Å². The topological polar surface area (TPSA) is 141 Å². The molecule has 2 atom stereocenters. The fourth-order valence-electron chi connectivity index (χ4n) is 3.29. The highest BCUT2D eigenvalue weighted by molar-refractivity contribution is 7.22. The van der Waals surface area contributed by atoms with Crippen molar-refractivity contribution in [3.63, 3.8) is 0 Å². The number of halogens is 4. The molecule has 0 radical (unpaired) electrons. The van der Waals surface area contributed by atoms with Crippen LogP contribution in [0.5, 0.6) is 0 Å². The number of likely N-dealkylation sites (N-methyl/N-ethyl adjacent to an activating group) is 1. The number of nitrogens with one attached hydrogen (secondary N) is 2. The summed E-state index contributed by atoms with van der Waals surface area (Å²) in [5.74, 6) is -4.49. The van der Waals surface area contributed by atoms with Crippen LogP contribution < -0.4 is 16.4 Å². The Kier molecular flexibility index (Phi) is 7.90. The number of carbonyl (C=O) groups excluding carboxylic acids is 2. The number of nitrogens with two attached hydrogens (primary N) is 1. The molecule has 0 aliphatic heterocycles. The van der Waals surface area contributed by atoms with Crippen LogP contribution in [0.25, 0.3) is 10.2 Å². The van der Waals surface area contributed by atoms with Gasteiger partial charge in [-0.25, -0.2) is 14.2 Å². The molecule has 14 heteroatoms. The van der Waals surface area contributed by atoms with Gasteiger partial charge in [0.15, 0.2) is 17.3 Å². The second-order valence-corrected chi connectivity index (χ2v) is 8.50. The first-order valence-corrected chi connectivity index (χ1v) is 10.9. The number of carbonyl (C=O) groups is 2. The van der Waals surface area contributed by atoms with Gasteiger partial charge >= 0.3 is 12.2 Å². The molecule has 0 fully saturated rings. The lowest BCUT2D eigenvalue weighted by molar-refractivity contribution is -0.178. The SMILES string of the molecule is CN(C(=O)C(c1ccc2nc(NC(=O)Nc3ccc(F)cc3)sc2c1)C(F)(F)F)[C@@H](CN)C(O)O. The van der Waals surface area contributed by atoms with E-state index in [1.807, 2.05) is 0 Å². The van der Waals surface area contributed by atoms with E-state index in [1.54, 1.807) is 0 Å². The van der Waals surface area contributed by atoms with E-state index >= 15 is 0 Å². The van der Waals surface area contributed by atoms with Gasteiger partial charge in [0.25, 0.3) is 0 Å². The molecule has 0 spiro atoms. The highest BCUT2D eigenvalue weighted by Crippen LogP contribution is 2.39. The zero-order valence-corrected chi connectivity index (χ0v) is 18.9. The highest BCUT2D eigenvalue weighted by Gasteiger charge is 2.48. The molecule has 3 rings (SSSR count). The van der Waals surface area contributed by atoms with E-state index in [2.05, 4.69) is 15.6 Å². The maximum absolute atomic E-state index is 13.9. The largest absolute Gasteiger partial charge is 0.404 e. The van der Waals surface area contributed by atoms with Crippen molar-refractivity contribution >= 4 is 44.3 Å². The monoisotopic (exact) mass is 515 g/mol. The van der Waals surface area contributed by atoms with Crippen LogP contribution in [0, 0.1) is 5.82 Å². The predicted octanol–water partition coefficient (Wildman–Crippen LogP) is 2.82. The maximum atomic E-state index is 13.9. The molecule has 3 amide bonds. The Morgan fingerprint density at radius 3 is 2.37 bits per heavy atom. The Morgan fingerprint density at radius 1 is 1.14 bits per heavy atom. The van der Waals surface area contributed by atoms with Crippen LogP contribution in [0.15, 0.2) is 42.5 Å². The van der Waals surface area contributed by atoms with E-state index in [4.69, 9.17) is 5.73 Å². The van der Waals surface area contributed by atoms with Gasteiger partial charge in [-0.3, -0.25) is 10.1 Å². The average Bonchev–Trinajstić information content (AvgIpc) is 3.16. The lowest BCUT2D eigenvalue weighted by Gasteiger charge is -2.32. The van der Waals surface area contributed by atoms with Gasteiger partial charge in [0, 0.05) is 19.3 Å².